The van der Waals surface area contributed by atoms with Crippen molar-refractivity contribution < 1.29 is 28.5 Å². The molecule has 2 atom stereocenters. The number of aromatic nitrogens is 4. The van der Waals surface area contributed by atoms with Gasteiger partial charge in [0, 0.05) is 36.6 Å². The maximum absolute atomic E-state index is 12.9. The number of hydrogen-bond donors (Lipinski definition) is 2. The lowest BCUT2D eigenvalue weighted by atomic mass is 10.1. The largest absolute Gasteiger partial charge is 0.496 e. The fraction of sp³-hybridized carbons (Fsp3) is 0.459. The summed E-state index contributed by atoms with van der Waals surface area (Å²) < 4.78 is 23.2. The highest BCUT2D eigenvalue weighted by Gasteiger charge is 2.36. The van der Waals surface area contributed by atoms with Gasteiger partial charge in [0.15, 0.2) is 0 Å². The molecule has 4 heterocycles. The summed E-state index contributed by atoms with van der Waals surface area (Å²) in [6, 6.07) is 13.0. The van der Waals surface area contributed by atoms with Gasteiger partial charge in [-0.3, -0.25) is 9.80 Å². The molecule has 2 saturated heterocycles. The molecule has 2 aromatic carbocycles. The predicted molar refractivity (Wildman–Crippen MR) is 185 cm³/mol. The van der Waals surface area contributed by atoms with Crippen molar-refractivity contribution in [3.8, 4) is 39.8 Å². The van der Waals surface area contributed by atoms with Crippen LogP contribution in [0.2, 0.25) is 0 Å². The van der Waals surface area contributed by atoms with Crippen molar-refractivity contribution in [2.45, 2.75) is 90.5 Å². The standard InChI is InChI=1S/C37H46N6O6/c1-36(2,3)48-34(44)42-18-8-10-29(42)32-38-21-27(40-32)23-12-14-24(15-13-23)47-25-16-17-31(46-7)26(20-25)28-22-39-33(41-28)30-11-9-19-43(30)35(45)49-37(4,5)6/h12-17,20-22,29-30H,8-11,18-19H2,1-7H3,(H,38,40)(H,39,41)/t29?,30-/m0/s1. The van der Waals surface area contributed by atoms with Gasteiger partial charge in [0.25, 0.3) is 0 Å². The molecule has 12 nitrogen and oxygen atoms in total. The Bertz CT molecular complexity index is 1780. The second kappa shape index (κ2) is 13.5. The Labute approximate surface area is 287 Å². The van der Waals surface area contributed by atoms with Crippen LogP contribution in [0, 0.1) is 0 Å². The number of likely N-dealkylation sites (tertiary alicyclic amines) is 2. The molecule has 6 rings (SSSR count). The average Bonchev–Trinajstić information content (AvgIpc) is 3.86. The zero-order valence-electron chi connectivity index (χ0n) is 29.3. The summed E-state index contributed by atoms with van der Waals surface area (Å²) >= 11 is 0. The molecule has 2 N–H and O–H groups in total. The van der Waals surface area contributed by atoms with Gasteiger partial charge in [-0.2, -0.15) is 0 Å². The number of methoxy groups -OCH3 is 1. The van der Waals surface area contributed by atoms with E-state index < -0.39 is 11.2 Å². The molecule has 260 valence electrons. The average molecular weight is 671 g/mol. The van der Waals surface area contributed by atoms with Crippen molar-refractivity contribution in [2.24, 2.45) is 0 Å². The number of rotatable bonds is 7. The van der Waals surface area contributed by atoms with Crippen LogP contribution in [0.5, 0.6) is 17.2 Å². The van der Waals surface area contributed by atoms with E-state index in [0.717, 1.165) is 48.3 Å². The van der Waals surface area contributed by atoms with Crippen LogP contribution in [-0.2, 0) is 9.47 Å². The highest BCUT2D eigenvalue weighted by Crippen LogP contribution is 2.38. The number of benzene rings is 2. The summed E-state index contributed by atoms with van der Waals surface area (Å²) in [6.07, 6.45) is 6.44. The lowest BCUT2D eigenvalue weighted by molar-refractivity contribution is 0.0208. The van der Waals surface area contributed by atoms with Crippen molar-refractivity contribution in [2.75, 3.05) is 20.2 Å². The highest BCUT2D eigenvalue weighted by atomic mass is 16.6. The molecular weight excluding hydrogens is 624 g/mol. The van der Waals surface area contributed by atoms with Gasteiger partial charge in [-0.25, -0.2) is 19.6 Å². The summed E-state index contributed by atoms with van der Waals surface area (Å²) in [4.78, 5) is 45.4. The first-order valence-corrected chi connectivity index (χ1v) is 16.8. The zero-order chi connectivity index (χ0) is 34.9. The fourth-order valence-corrected chi connectivity index (χ4v) is 6.26. The molecule has 2 aromatic heterocycles. The second-order valence-corrected chi connectivity index (χ2v) is 14.5. The SMILES string of the molecule is COc1ccc(Oc2ccc(-c3c[nH]c(C4CCCN4C(=O)OC(C)(C)C)n3)cc2)cc1-c1c[nH]c([C@@H]2CCCN2C(=O)OC(C)(C)C)n1. The van der Waals surface area contributed by atoms with Gasteiger partial charge in [0.2, 0.25) is 0 Å². The van der Waals surface area contributed by atoms with Crippen LogP contribution in [0.3, 0.4) is 0 Å². The minimum absolute atomic E-state index is 0.150. The van der Waals surface area contributed by atoms with Crippen molar-refractivity contribution >= 4 is 12.2 Å². The molecule has 0 bridgehead atoms. The van der Waals surface area contributed by atoms with E-state index in [2.05, 4.69) is 9.97 Å². The van der Waals surface area contributed by atoms with E-state index in [1.54, 1.807) is 16.9 Å². The summed E-state index contributed by atoms with van der Waals surface area (Å²) in [7, 11) is 1.62. The normalized spacial score (nSPS) is 18.1. The number of nitrogens with zero attached hydrogens (tertiary/aromatic N) is 4. The van der Waals surface area contributed by atoms with Gasteiger partial charge >= 0.3 is 12.2 Å². The molecule has 2 aliphatic rings. The molecule has 49 heavy (non-hydrogen) atoms. The number of aromatic amines is 2. The first-order chi connectivity index (χ1) is 23.3. The molecule has 2 aliphatic heterocycles. The van der Waals surface area contributed by atoms with E-state index in [1.165, 1.54) is 0 Å². The summed E-state index contributed by atoms with van der Waals surface area (Å²) in [5.74, 6) is 3.38. The molecule has 0 spiro atoms. The van der Waals surface area contributed by atoms with E-state index in [1.807, 2.05) is 96.4 Å². The van der Waals surface area contributed by atoms with Crippen LogP contribution in [-0.4, -0.2) is 73.3 Å². The Hall–Kier alpha value is -5.00. The van der Waals surface area contributed by atoms with Crippen LogP contribution in [0.4, 0.5) is 9.59 Å². The Morgan fingerprint density at radius 3 is 1.78 bits per heavy atom. The predicted octanol–water partition coefficient (Wildman–Crippen LogP) is 8.41. The van der Waals surface area contributed by atoms with Crippen LogP contribution in [0.25, 0.3) is 22.5 Å². The van der Waals surface area contributed by atoms with E-state index in [4.69, 9.17) is 28.9 Å². The van der Waals surface area contributed by atoms with Gasteiger partial charge in [-0.1, -0.05) is 0 Å². The molecule has 4 aromatic rings. The van der Waals surface area contributed by atoms with Crippen LogP contribution in [0.15, 0.2) is 54.9 Å². The zero-order valence-corrected chi connectivity index (χ0v) is 29.3. The lowest BCUT2D eigenvalue weighted by Crippen LogP contribution is -2.36. The third-order valence-corrected chi connectivity index (χ3v) is 8.42. The van der Waals surface area contributed by atoms with Gasteiger partial charge < -0.3 is 28.9 Å². The van der Waals surface area contributed by atoms with Crippen molar-refractivity contribution in [1.29, 1.82) is 0 Å². The third kappa shape index (κ3) is 7.84. The molecule has 2 amide bonds. The molecule has 1 unspecified atom stereocenters. The smallest absolute Gasteiger partial charge is 0.410 e. The number of amides is 2. The number of imidazole rings is 2. The van der Waals surface area contributed by atoms with Gasteiger partial charge in [0.1, 0.15) is 40.1 Å². The quantitative estimate of drug-likeness (QED) is 0.200. The number of carbonyl (C=O) groups is 2. The van der Waals surface area contributed by atoms with E-state index in [0.29, 0.717) is 41.9 Å². The minimum Gasteiger partial charge on any atom is -0.496 e. The van der Waals surface area contributed by atoms with Crippen LogP contribution in [0.1, 0.15) is 91.0 Å². The van der Waals surface area contributed by atoms with Crippen molar-refractivity contribution in [1.82, 2.24) is 29.7 Å². The number of ether oxygens (including phenoxy) is 4. The third-order valence-electron chi connectivity index (χ3n) is 8.42. The monoisotopic (exact) mass is 670 g/mol. The number of nitrogens with one attached hydrogen (secondary N) is 2. The van der Waals surface area contributed by atoms with Gasteiger partial charge in [0.05, 0.1) is 30.6 Å². The Morgan fingerprint density at radius 2 is 1.24 bits per heavy atom. The van der Waals surface area contributed by atoms with Crippen molar-refractivity contribution in [3.63, 3.8) is 0 Å². The highest BCUT2D eigenvalue weighted by molar-refractivity contribution is 5.71. The van der Waals surface area contributed by atoms with Crippen LogP contribution >= 0.6 is 0 Å². The first kappa shape index (κ1) is 33.9. The van der Waals surface area contributed by atoms with Gasteiger partial charge in [-0.05, 0) is 110 Å². The summed E-state index contributed by atoms with van der Waals surface area (Å²) in [5, 5.41) is 0. The maximum atomic E-state index is 12.9. The van der Waals surface area contributed by atoms with Crippen LogP contribution < -0.4 is 9.47 Å². The van der Waals surface area contributed by atoms with E-state index in [-0.39, 0.29) is 24.3 Å². The van der Waals surface area contributed by atoms with E-state index >= 15 is 0 Å². The topological polar surface area (TPSA) is 135 Å². The van der Waals surface area contributed by atoms with Crippen molar-refractivity contribution in [3.05, 3.63) is 66.5 Å². The molecular formula is C37H46N6O6. The molecule has 0 aliphatic carbocycles. The Morgan fingerprint density at radius 1 is 0.735 bits per heavy atom. The summed E-state index contributed by atoms with van der Waals surface area (Å²) in [6.45, 7) is 12.5. The van der Waals surface area contributed by atoms with Gasteiger partial charge in [-0.15, -0.1) is 0 Å². The Kier molecular flexibility index (Phi) is 9.32. The first-order valence-electron chi connectivity index (χ1n) is 16.8. The maximum Gasteiger partial charge on any atom is 0.410 e. The Balaban J connectivity index is 1.14. The summed E-state index contributed by atoms with van der Waals surface area (Å²) in [5.41, 5.74) is 2.02. The lowest BCUT2D eigenvalue weighted by Gasteiger charge is -2.27. The second-order valence-electron chi connectivity index (χ2n) is 14.5. The van der Waals surface area contributed by atoms with E-state index in [9.17, 15) is 9.59 Å². The molecule has 0 saturated carbocycles. The number of hydrogen-bond acceptors (Lipinski definition) is 8. The minimum atomic E-state index is -0.572. The number of carbonyl (C=O) groups excluding carboxylic acids is 2. The molecule has 12 heteroatoms. The molecule has 2 fully saturated rings. The fourth-order valence-electron chi connectivity index (χ4n) is 6.26. The number of H-pyrrole nitrogens is 2. The molecule has 0 radical (unpaired) electrons.